The Morgan fingerprint density at radius 1 is 1.20 bits per heavy atom. The van der Waals surface area contributed by atoms with Gasteiger partial charge in [0.2, 0.25) is 0 Å². The number of hydrogen-bond acceptors (Lipinski definition) is 6. The number of nitrogen functional groups attached to an aromatic ring is 1. The first-order valence-electron chi connectivity index (χ1n) is 11.0. The highest BCUT2D eigenvalue weighted by atomic mass is 16.5. The number of benzene rings is 1. The van der Waals surface area contributed by atoms with Gasteiger partial charge in [0.05, 0.1) is 30.3 Å². The van der Waals surface area contributed by atoms with Crippen LogP contribution in [0.15, 0.2) is 24.3 Å². The molecule has 1 aliphatic heterocycles. The Morgan fingerprint density at radius 2 is 1.97 bits per heavy atom. The van der Waals surface area contributed by atoms with Crippen molar-refractivity contribution < 1.29 is 14.3 Å². The molecule has 3 heterocycles. The Morgan fingerprint density at radius 3 is 2.70 bits per heavy atom. The normalized spacial score (nSPS) is 16.5. The van der Waals surface area contributed by atoms with Crippen LogP contribution in [0.4, 0.5) is 5.82 Å². The summed E-state index contributed by atoms with van der Waals surface area (Å²) in [7, 11) is 0. The van der Waals surface area contributed by atoms with Crippen molar-refractivity contribution in [2.75, 3.05) is 18.9 Å². The Bertz CT molecular complexity index is 1020. The van der Waals surface area contributed by atoms with Crippen molar-refractivity contribution in [2.45, 2.75) is 64.5 Å². The van der Waals surface area contributed by atoms with Crippen LogP contribution >= 0.6 is 0 Å². The zero-order valence-electron chi connectivity index (χ0n) is 17.6. The zero-order valence-corrected chi connectivity index (χ0v) is 17.6. The van der Waals surface area contributed by atoms with Gasteiger partial charge in [-0.05, 0) is 31.4 Å². The molecular weight excluding hydrogens is 380 g/mol. The Labute approximate surface area is 176 Å². The molecule has 0 bridgehead atoms. The molecule has 7 nitrogen and oxygen atoms in total. The molecule has 2 N–H and O–H groups in total. The zero-order chi connectivity index (χ0) is 20.9. The molecule has 4 rings (SSSR count). The summed E-state index contributed by atoms with van der Waals surface area (Å²) in [6, 6.07) is 7.63. The number of esters is 1. The predicted molar refractivity (Wildman–Crippen MR) is 117 cm³/mol. The van der Waals surface area contributed by atoms with Crippen LogP contribution in [-0.4, -0.2) is 39.8 Å². The predicted octanol–water partition coefficient (Wildman–Crippen LogP) is 4.47. The molecule has 1 aliphatic rings. The molecule has 0 amide bonds. The number of unbranched alkanes of at least 4 members (excludes halogenated alkanes) is 4. The lowest BCUT2D eigenvalue weighted by Gasteiger charge is -2.13. The molecule has 0 spiro atoms. The second kappa shape index (κ2) is 9.43. The summed E-state index contributed by atoms with van der Waals surface area (Å²) in [5.41, 5.74) is 9.38. The summed E-state index contributed by atoms with van der Waals surface area (Å²) < 4.78 is 13.2. The molecular formula is C23H30N4O3. The van der Waals surface area contributed by atoms with Gasteiger partial charge in [-0.15, -0.1) is 0 Å². The molecule has 1 atom stereocenters. The smallest absolute Gasteiger partial charge is 0.344 e. The first kappa shape index (κ1) is 20.6. The second-order valence-electron chi connectivity index (χ2n) is 7.94. The second-order valence-corrected chi connectivity index (χ2v) is 7.94. The lowest BCUT2D eigenvalue weighted by Crippen LogP contribution is -2.17. The molecule has 160 valence electrons. The molecule has 1 fully saturated rings. The van der Waals surface area contributed by atoms with Crippen LogP contribution in [-0.2, 0) is 16.0 Å². The van der Waals surface area contributed by atoms with Crippen LogP contribution in [0.3, 0.4) is 0 Å². The number of rotatable bonds is 9. The van der Waals surface area contributed by atoms with Crippen LogP contribution in [0.2, 0.25) is 0 Å². The molecule has 0 aliphatic carbocycles. The van der Waals surface area contributed by atoms with Gasteiger partial charge in [0.25, 0.3) is 0 Å². The monoisotopic (exact) mass is 410 g/mol. The van der Waals surface area contributed by atoms with E-state index in [4.69, 9.17) is 25.2 Å². The molecule has 1 unspecified atom stereocenters. The van der Waals surface area contributed by atoms with E-state index in [9.17, 15) is 4.79 Å². The molecule has 2 aromatic heterocycles. The van der Waals surface area contributed by atoms with Gasteiger partial charge in [-0.1, -0.05) is 44.7 Å². The van der Waals surface area contributed by atoms with Crippen LogP contribution in [0.25, 0.3) is 22.2 Å². The first-order valence-corrected chi connectivity index (χ1v) is 11.0. The van der Waals surface area contributed by atoms with Gasteiger partial charge >= 0.3 is 5.97 Å². The first-order chi connectivity index (χ1) is 14.7. The van der Waals surface area contributed by atoms with E-state index in [1.54, 1.807) is 0 Å². The quantitative estimate of drug-likeness (QED) is 0.413. The number of hydrogen-bond donors (Lipinski definition) is 1. The third kappa shape index (κ3) is 4.26. The van der Waals surface area contributed by atoms with E-state index in [0.717, 1.165) is 49.7 Å². The van der Waals surface area contributed by atoms with Gasteiger partial charge in [0.15, 0.2) is 5.65 Å². The molecule has 7 heteroatoms. The van der Waals surface area contributed by atoms with E-state index in [0.29, 0.717) is 35.7 Å². The maximum atomic E-state index is 12.9. The van der Waals surface area contributed by atoms with Gasteiger partial charge in [-0.2, -0.15) is 0 Å². The highest BCUT2D eigenvalue weighted by Gasteiger charge is 2.27. The van der Waals surface area contributed by atoms with Crippen molar-refractivity contribution in [3.8, 4) is 0 Å². The van der Waals surface area contributed by atoms with E-state index < -0.39 is 5.97 Å². The highest BCUT2D eigenvalue weighted by molar-refractivity contribution is 6.08. The Kier molecular flexibility index (Phi) is 6.47. The topological polar surface area (TPSA) is 92.3 Å². The largest absolute Gasteiger partial charge is 0.462 e. The minimum absolute atomic E-state index is 0.0682. The molecule has 30 heavy (non-hydrogen) atoms. The fraction of sp³-hybridized carbons (Fsp3) is 0.522. The van der Waals surface area contributed by atoms with E-state index in [1.165, 1.54) is 12.8 Å². The van der Waals surface area contributed by atoms with Crippen LogP contribution < -0.4 is 5.73 Å². The maximum absolute atomic E-state index is 12.9. The van der Waals surface area contributed by atoms with Crippen molar-refractivity contribution in [3.05, 3.63) is 29.8 Å². The number of aromatic nitrogens is 3. The number of carbonyl (C=O) groups is 1. The molecule has 0 saturated carbocycles. The number of nitrogens with two attached hydrogens (primary N) is 1. The van der Waals surface area contributed by atoms with Crippen LogP contribution in [0.1, 0.15) is 62.2 Å². The lowest BCUT2D eigenvalue weighted by atomic mass is 10.2. The summed E-state index contributed by atoms with van der Waals surface area (Å²) in [5.74, 6) is -0.0737. The summed E-state index contributed by atoms with van der Waals surface area (Å²) in [5, 5.41) is 0. The fourth-order valence-corrected chi connectivity index (χ4v) is 4.04. The van der Waals surface area contributed by atoms with E-state index in [-0.39, 0.29) is 6.10 Å². The molecule has 1 aromatic carbocycles. The van der Waals surface area contributed by atoms with Gasteiger partial charge < -0.3 is 19.8 Å². The molecule has 1 saturated heterocycles. The Balaban J connectivity index is 1.64. The van der Waals surface area contributed by atoms with Crippen molar-refractivity contribution in [1.82, 2.24) is 14.5 Å². The van der Waals surface area contributed by atoms with E-state index in [2.05, 4.69) is 6.92 Å². The minimum Gasteiger partial charge on any atom is -0.462 e. The van der Waals surface area contributed by atoms with Crippen molar-refractivity contribution in [3.63, 3.8) is 0 Å². The van der Waals surface area contributed by atoms with Crippen molar-refractivity contribution in [1.29, 1.82) is 0 Å². The van der Waals surface area contributed by atoms with Gasteiger partial charge in [0.1, 0.15) is 16.9 Å². The highest BCUT2D eigenvalue weighted by Crippen LogP contribution is 2.30. The maximum Gasteiger partial charge on any atom is 0.344 e. The third-order valence-corrected chi connectivity index (χ3v) is 5.69. The Hall–Kier alpha value is -2.67. The lowest BCUT2D eigenvalue weighted by molar-refractivity contribution is 0.0500. The van der Waals surface area contributed by atoms with Crippen molar-refractivity contribution in [2.24, 2.45) is 0 Å². The number of anilines is 1. The van der Waals surface area contributed by atoms with Crippen molar-refractivity contribution >= 4 is 34.0 Å². The number of carbonyl (C=O) groups excluding carboxylic acids is 1. The number of fused-ring (bicyclic) bond motifs is 2. The summed E-state index contributed by atoms with van der Waals surface area (Å²) in [6.07, 6.45) is 7.54. The summed E-state index contributed by atoms with van der Waals surface area (Å²) >= 11 is 0. The van der Waals surface area contributed by atoms with E-state index in [1.807, 2.05) is 28.8 Å². The summed E-state index contributed by atoms with van der Waals surface area (Å²) in [6.45, 7) is 3.88. The fourth-order valence-electron chi connectivity index (χ4n) is 4.04. The van der Waals surface area contributed by atoms with Crippen LogP contribution in [0.5, 0.6) is 0 Å². The molecule has 3 aromatic rings. The number of ether oxygens (including phenoxy) is 2. The average molecular weight is 411 g/mol. The van der Waals surface area contributed by atoms with Gasteiger partial charge in [-0.3, -0.25) is 0 Å². The third-order valence-electron chi connectivity index (χ3n) is 5.69. The average Bonchev–Trinajstić information content (AvgIpc) is 3.36. The molecule has 0 radical (unpaired) electrons. The summed E-state index contributed by atoms with van der Waals surface area (Å²) in [4.78, 5) is 22.4. The van der Waals surface area contributed by atoms with Gasteiger partial charge in [0, 0.05) is 6.61 Å². The van der Waals surface area contributed by atoms with Crippen LogP contribution in [0, 0.1) is 0 Å². The standard InChI is InChI=1S/C23H30N4O3/c1-2-3-4-5-8-13-30-23(28)19-20-22(26-18-12-7-6-11-17(18)25-20)27(21(19)24)15-16-10-9-14-29-16/h6-7,11-12,16H,2-5,8-10,13-15,24H2,1H3. The number of nitrogens with zero attached hydrogens (tertiary/aromatic N) is 3. The minimum atomic E-state index is -0.427. The van der Waals surface area contributed by atoms with E-state index >= 15 is 0 Å². The number of para-hydroxylation sites is 2. The van der Waals surface area contributed by atoms with Gasteiger partial charge in [-0.25, -0.2) is 14.8 Å². The SMILES string of the molecule is CCCCCCCOC(=O)c1c(N)n(CC2CCCO2)c2nc3ccccc3nc12.